The van der Waals surface area contributed by atoms with Gasteiger partial charge in [0.05, 0.1) is 0 Å². The van der Waals surface area contributed by atoms with Crippen molar-refractivity contribution in [3.8, 4) is 5.75 Å². The van der Waals surface area contributed by atoms with E-state index in [1.807, 2.05) is 24.3 Å². The molecular formula is C16H23ClO2Si. The van der Waals surface area contributed by atoms with E-state index >= 15 is 0 Å². The van der Waals surface area contributed by atoms with Crippen LogP contribution in [-0.4, -0.2) is 13.4 Å². The van der Waals surface area contributed by atoms with Crippen LogP contribution in [0, 0.1) is 0 Å². The highest BCUT2D eigenvalue weighted by molar-refractivity contribution is 7.24. The lowest BCUT2D eigenvalue weighted by atomic mass is 10.2. The summed E-state index contributed by atoms with van der Waals surface area (Å²) in [5, 5.41) is 0. The molecule has 20 heavy (non-hydrogen) atoms. The second-order valence-corrected chi connectivity index (χ2v) is 11.9. The van der Waals surface area contributed by atoms with Crippen LogP contribution < -0.4 is 4.74 Å². The molecule has 0 saturated heterocycles. The summed E-state index contributed by atoms with van der Waals surface area (Å²) in [5.41, 5.74) is 3.93. The number of carbonyl (C=O) groups is 1. The van der Waals surface area contributed by atoms with Gasteiger partial charge in [0.15, 0.2) is 7.38 Å². The number of para-hydroxylation sites is 1. The number of hydrogen-bond donors (Lipinski definition) is 0. The van der Waals surface area contributed by atoms with Crippen LogP contribution in [0.3, 0.4) is 0 Å². The van der Waals surface area contributed by atoms with Crippen molar-refractivity contribution in [1.82, 2.24) is 0 Å². The predicted octanol–water partition coefficient (Wildman–Crippen LogP) is 5.17. The Labute approximate surface area is 127 Å². The van der Waals surface area contributed by atoms with E-state index in [1.165, 1.54) is 6.92 Å². The van der Waals surface area contributed by atoms with Gasteiger partial charge in [-0.05, 0) is 17.1 Å². The predicted molar refractivity (Wildman–Crippen MR) is 88.6 cm³/mol. The fourth-order valence-corrected chi connectivity index (χ4v) is 4.86. The monoisotopic (exact) mass is 310 g/mol. The molecular weight excluding hydrogens is 288 g/mol. The molecule has 0 aliphatic carbocycles. The highest BCUT2D eigenvalue weighted by Crippen LogP contribution is 2.37. The highest BCUT2D eigenvalue weighted by atomic mass is 35.6. The Bertz CT molecular complexity index is 487. The summed E-state index contributed by atoms with van der Waals surface area (Å²) in [6.45, 7) is 10.1. The summed E-state index contributed by atoms with van der Waals surface area (Å²) < 4.78 is 5.21. The first-order valence-corrected chi connectivity index (χ1v) is 10.2. The molecule has 0 unspecified atom stereocenters. The van der Waals surface area contributed by atoms with Crippen molar-refractivity contribution >= 4 is 30.5 Å². The second-order valence-electron chi connectivity index (χ2n) is 5.60. The molecule has 1 rings (SSSR count). The number of rotatable bonds is 5. The van der Waals surface area contributed by atoms with Crippen LogP contribution in [0.5, 0.6) is 5.75 Å². The van der Waals surface area contributed by atoms with Crippen molar-refractivity contribution < 1.29 is 9.53 Å². The average molecular weight is 311 g/mol. The Morgan fingerprint density at radius 1 is 1.20 bits per heavy atom. The lowest BCUT2D eigenvalue weighted by Crippen LogP contribution is -2.32. The maximum atomic E-state index is 11.1. The fourth-order valence-electron chi connectivity index (χ4n) is 2.14. The highest BCUT2D eigenvalue weighted by Gasteiger charge is 2.35. The molecule has 0 amide bonds. The van der Waals surface area contributed by atoms with E-state index in [0.29, 0.717) is 16.8 Å². The van der Waals surface area contributed by atoms with Crippen LogP contribution in [0.15, 0.2) is 30.0 Å². The third-order valence-corrected chi connectivity index (χ3v) is 10.7. The van der Waals surface area contributed by atoms with E-state index in [-0.39, 0.29) is 5.97 Å². The Morgan fingerprint density at radius 2 is 1.75 bits per heavy atom. The van der Waals surface area contributed by atoms with Gasteiger partial charge in [0.2, 0.25) is 0 Å². The van der Waals surface area contributed by atoms with Crippen LogP contribution in [0.2, 0.25) is 11.1 Å². The fraction of sp³-hybridized carbons (Fsp3) is 0.438. The molecule has 4 heteroatoms. The molecule has 0 spiro atoms. The molecule has 0 radical (unpaired) electrons. The smallest absolute Gasteiger partial charge is 0.308 e. The minimum absolute atomic E-state index is 0.312. The van der Waals surface area contributed by atoms with Crippen LogP contribution in [0.4, 0.5) is 0 Å². The lowest BCUT2D eigenvalue weighted by molar-refractivity contribution is -0.131. The molecule has 0 aliphatic rings. The molecule has 1 aromatic rings. The molecule has 0 saturated carbocycles. The minimum Gasteiger partial charge on any atom is -0.426 e. The van der Waals surface area contributed by atoms with E-state index in [9.17, 15) is 4.79 Å². The number of esters is 1. The van der Waals surface area contributed by atoms with Gasteiger partial charge in [-0.15, -0.1) is 0 Å². The van der Waals surface area contributed by atoms with Crippen LogP contribution >= 0.6 is 11.1 Å². The molecule has 0 fully saturated rings. The van der Waals surface area contributed by atoms with Gasteiger partial charge in [-0.2, -0.15) is 11.1 Å². The SMILES string of the molecule is CC(=O)Oc1ccccc1/C=C/[Si](Cl)(C(C)C)C(C)C. The van der Waals surface area contributed by atoms with Crippen LogP contribution in [0.1, 0.15) is 40.2 Å². The van der Waals surface area contributed by atoms with Gasteiger partial charge >= 0.3 is 5.97 Å². The van der Waals surface area contributed by atoms with Crippen molar-refractivity contribution in [2.45, 2.75) is 45.7 Å². The largest absolute Gasteiger partial charge is 0.426 e. The molecule has 0 heterocycles. The van der Waals surface area contributed by atoms with Crippen molar-refractivity contribution in [2.24, 2.45) is 0 Å². The first-order valence-electron chi connectivity index (χ1n) is 6.93. The van der Waals surface area contributed by atoms with E-state index in [4.69, 9.17) is 15.8 Å². The third-order valence-electron chi connectivity index (χ3n) is 3.46. The number of carbonyl (C=O) groups excluding carboxylic acids is 1. The van der Waals surface area contributed by atoms with E-state index in [1.54, 1.807) is 6.07 Å². The van der Waals surface area contributed by atoms with Crippen molar-refractivity contribution in [3.63, 3.8) is 0 Å². The van der Waals surface area contributed by atoms with Gasteiger partial charge in [-0.3, -0.25) is 4.79 Å². The molecule has 0 atom stereocenters. The molecule has 2 nitrogen and oxygen atoms in total. The summed E-state index contributed by atoms with van der Waals surface area (Å²) in [6, 6.07) is 7.51. The van der Waals surface area contributed by atoms with E-state index < -0.39 is 7.38 Å². The molecule has 1 aromatic carbocycles. The number of halogens is 1. The number of ether oxygens (including phenoxy) is 1. The summed E-state index contributed by atoms with van der Waals surface area (Å²) in [5.74, 6) is 0.268. The van der Waals surface area contributed by atoms with Gasteiger partial charge in [0, 0.05) is 12.5 Å². The maximum absolute atomic E-state index is 11.1. The van der Waals surface area contributed by atoms with Gasteiger partial charge in [0.25, 0.3) is 0 Å². The van der Waals surface area contributed by atoms with Crippen molar-refractivity contribution in [3.05, 3.63) is 35.5 Å². The third kappa shape index (κ3) is 4.22. The topological polar surface area (TPSA) is 26.3 Å². The summed E-state index contributed by atoms with van der Waals surface area (Å²) in [7, 11) is -2.00. The molecule has 0 aromatic heterocycles. The zero-order chi connectivity index (χ0) is 15.3. The zero-order valence-electron chi connectivity index (χ0n) is 12.8. The Morgan fingerprint density at radius 3 is 2.25 bits per heavy atom. The Hall–Kier alpha value is -1.06. The van der Waals surface area contributed by atoms with Crippen LogP contribution in [0.25, 0.3) is 6.08 Å². The molecule has 0 bridgehead atoms. The Balaban J connectivity index is 3.08. The van der Waals surface area contributed by atoms with E-state index in [0.717, 1.165) is 5.56 Å². The van der Waals surface area contributed by atoms with Gasteiger partial charge in [-0.1, -0.05) is 57.7 Å². The lowest BCUT2D eigenvalue weighted by Gasteiger charge is -2.29. The van der Waals surface area contributed by atoms with Crippen LogP contribution in [-0.2, 0) is 4.79 Å². The first-order chi connectivity index (χ1) is 9.27. The molecule has 0 N–H and O–H groups in total. The first kappa shape index (κ1) is 17.0. The standard InChI is InChI=1S/C16H23ClO2Si/c1-12(2)20(17,13(3)4)11-10-15-8-6-7-9-16(15)19-14(5)18/h6-13H,1-5H3/b11-10+. The minimum atomic E-state index is -2.00. The maximum Gasteiger partial charge on any atom is 0.308 e. The average Bonchev–Trinajstić information content (AvgIpc) is 2.36. The van der Waals surface area contributed by atoms with Gasteiger partial charge < -0.3 is 4.74 Å². The normalized spacial score (nSPS) is 12.4. The zero-order valence-corrected chi connectivity index (χ0v) is 14.6. The number of benzene rings is 1. The molecule has 0 aliphatic heterocycles. The van der Waals surface area contributed by atoms with Gasteiger partial charge in [-0.25, -0.2) is 0 Å². The quantitative estimate of drug-likeness (QED) is 0.324. The summed E-state index contributed by atoms with van der Waals surface area (Å²) in [6.07, 6.45) is 2.00. The second kappa shape index (κ2) is 7.09. The van der Waals surface area contributed by atoms with E-state index in [2.05, 4.69) is 33.4 Å². The number of hydrogen-bond acceptors (Lipinski definition) is 2. The Kier molecular flexibility index (Phi) is 6.02. The van der Waals surface area contributed by atoms with Crippen molar-refractivity contribution in [1.29, 1.82) is 0 Å². The molecule has 110 valence electrons. The summed E-state index contributed by atoms with van der Waals surface area (Å²) in [4.78, 5) is 11.1. The van der Waals surface area contributed by atoms with Crippen molar-refractivity contribution in [2.75, 3.05) is 0 Å². The summed E-state index contributed by atoms with van der Waals surface area (Å²) >= 11 is 6.86. The van der Waals surface area contributed by atoms with Gasteiger partial charge in [0.1, 0.15) is 5.75 Å².